The summed E-state index contributed by atoms with van der Waals surface area (Å²) in [7, 11) is 0. The van der Waals surface area contributed by atoms with Crippen molar-refractivity contribution in [3.63, 3.8) is 0 Å². The first-order valence-corrected chi connectivity index (χ1v) is 8.39. The van der Waals surface area contributed by atoms with Crippen molar-refractivity contribution in [3.05, 3.63) is 24.3 Å². The van der Waals surface area contributed by atoms with Crippen LogP contribution in [0.1, 0.15) is 52.4 Å². The van der Waals surface area contributed by atoms with Gasteiger partial charge in [-0.25, -0.2) is 0 Å². The zero-order valence-corrected chi connectivity index (χ0v) is 12.9. The van der Waals surface area contributed by atoms with Gasteiger partial charge in [-0.3, -0.25) is 0 Å². The van der Waals surface area contributed by atoms with Gasteiger partial charge in [0.2, 0.25) is 0 Å². The summed E-state index contributed by atoms with van der Waals surface area (Å²) in [5.74, 6) is 0. The molecule has 0 saturated carbocycles. The van der Waals surface area contributed by atoms with Gasteiger partial charge in [0.05, 0.1) is 0 Å². The number of thioether (sulfide) groups is 1. The third-order valence-electron chi connectivity index (χ3n) is 3.22. The summed E-state index contributed by atoms with van der Waals surface area (Å²) in [6, 6.07) is 9.25. The van der Waals surface area contributed by atoms with Gasteiger partial charge in [-0.15, -0.1) is 11.8 Å². The molecule has 0 heterocycles. The van der Waals surface area contributed by atoms with E-state index < -0.39 is 0 Å². The second-order valence-corrected chi connectivity index (χ2v) is 5.86. The van der Waals surface area contributed by atoms with Crippen LogP contribution in [0, 0.1) is 0 Å². The highest BCUT2D eigenvalue weighted by molar-refractivity contribution is 7.98. The molecule has 2 heteroatoms. The molecule has 1 N–H and O–H groups in total. The van der Waals surface area contributed by atoms with Gasteiger partial charge < -0.3 is 5.32 Å². The second-order valence-electron chi connectivity index (χ2n) is 4.98. The van der Waals surface area contributed by atoms with Gasteiger partial charge in [-0.1, -0.05) is 45.1 Å². The molecular weight excluding hydrogens is 238 g/mol. The van der Waals surface area contributed by atoms with Crippen molar-refractivity contribution in [3.8, 4) is 0 Å². The Bertz CT molecular complexity index is 325. The van der Waals surface area contributed by atoms with Crippen molar-refractivity contribution >= 4 is 17.4 Å². The molecule has 1 nitrogen and oxygen atoms in total. The van der Waals surface area contributed by atoms with Crippen LogP contribution in [-0.2, 0) is 0 Å². The monoisotopic (exact) mass is 265 g/mol. The van der Waals surface area contributed by atoms with Crippen LogP contribution in [0.2, 0.25) is 0 Å². The van der Waals surface area contributed by atoms with E-state index in [2.05, 4.69) is 49.7 Å². The summed E-state index contributed by atoms with van der Waals surface area (Å²) in [6.07, 6.45) is 10.2. The predicted octanol–water partition coefficient (Wildman–Crippen LogP) is 5.57. The fourth-order valence-corrected chi connectivity index (χ4v) is 2.58. The van der Waals surface area contributed by atoms with Crippen LogP contribution in [0.3, 0.4) is 0 Å². The molecule has 0 bridgehead atoms. The van der Waals surface area contributed by atoms with Crippen LogP contribution in [-0.4, -0.2) is 12.3 Å². The average molecular weight is 265 g/mol. The van der Waals surface area contributed by atoms with E-state index in [0.29, 0.717) is 6.04 Å². The summed E-state index contributed by atoms with van der Waals surface area (Å²) in [6.45, 7) is 4.55. The Balaban J connectivity index is 2.24. The topological polar surface area (TPSA) is 12.0 Å². The molecule has 0 radical (unpaired) electrons. The van der Waals surface area contributed by atoms with Gasteiger partial charge in [0.25, 0.3) is 0 Å². The van der Waals surface area contributed by atoms with Gasteiger partial charge in [0.1, 0.15) is 0 Å². The van der Waals surface area contributed by atoms with Crippen molar-refractivity contribution < 1.29 is 0 Å². The van der Waals surface area contributed by atoms with Crippen molar-refractivity contribution in [2.24, 2.45) is 0 Å². The van der Waals surface area contributed by atoms with E-state index in [4.69, 9.17) is 0 Å². The van der Waals surface area contributed by atoms with Gasteiger partial charge in [-0.2, -0.15) is 0 Å². The van der Waals surface area contributed by atoms with Crippen LogP contribution in [0.5, 0.6) is 0 Å². The standard InChI is InChI=1S/C16H27NS/c1-4-5-6-7-8-10-14(2)17-15-11-9-12-16(13-15)18-3/h9,11-14,17H,4-8,10H2,1-3H3. The molecule has 1 unspecified atom stereocenters. The number of hydrogen-bond donors (Lipinski definition) is 1. The third kappa shape index (κ3) is 6.34. The summed E-state index contributed by atoms with van der Waals surface area (Å²) < 4.78 is 0. The molecule has 18 heavy (non-hydrogen) atoms. The molecule has 0 aliphatic heterocycles. The Morgan fingerprint density at radius 3 is 2.67 bits per heavy atom. The normalized spacial score (nSPS) is 12.4. The van der Waals surface area contributed by atoms with Crippen molar-refractivity contribution in [2.45, 2.75) is 63.3 Å². The molecule has 1 aromatic rings. The average Bonchev–Trinajstić information content (AvgIpc) is 2.38. The molecule has 0 aromatic heterocycles. The number of rotatable bonds is 9. The molecular formula is C16H27NS. The lowest BCUT2D eigenvalue weighted by Gasteiger charge is -2.15. The number of nitrogens with one attached hydrogen (secondary N) is 1. The first kappa shape index (κ1) is 15.4. The largest absolute Gasteiger partial charge is 0.383 e. The van der Waals surface area contributed by atoms with Crippen molar-refractivity contribution in [1.29, 1.82) is 0 Å². The Kier molecular flexibility index (Phi) is 7.99. The summed E-state index contributed by atoms with van der Waals surface area (Å²) >= 11 is 1.80. The van der Waals surface area contributed by atoms with Crippen molar-refractivity contribution in [1.82, 2.24) is 0 Å². The Morgan fingerprint density at radius 2 is 1.94 bits per heavy atom. The maximum Gasteiger partial charge on any atom is 0.0353 e. The van der Waals surface area contributed by atoms with Gasteiger partial charge in [-0.05, 0) is 37.8 Å². The SMILES string of the molecule is CCCCCCCC(C)Nc1cccc(SC)c1. The summed E-state index contributed by atoms with van der Waals surface area (Å²) in [5.41, 5.74) is 1.25. The van der Waals surface area contributed by atoms with Crippen LogP contribution in [0.25, 0.3) is 0 Å². The van der Waals surface area contributed by atoms with E-state index in [1.54, 1.807) is 11.8 Å². The minimum absolute atomic E-state index is 0.573. The molecule has 0 fully saturated rings. The molecule has 0 aliphatic rings. The molecule has 1 rings (SSSR count). The molecule has 1 atom stereocenters. The first-order chi connectivity index (χ1) is 8.76. The lowest BCUT2D eigenvalue weighted by molar-refractivity contribution is 0.578. The van der Waals surface area contributed by atoms with Crippen LogP contribution in [0.15, 0.2) is 29.2 Å². The van der Waals surface area contributed by atoms with E-state index in [9.17, 15) is 0 Å². The second kappa shape index (κ2) is 9.32. The molecule has 0 aliphatic carbocycles. The zero-order valence-electron chi connectivity index (χ0n) is 12.0. The summed E-state index contributed by atoms with van der Waals surface area (Å²) in [5, 5.41) is 3.59. The lowest BCUT2D eigenvalue weighted by Crippen LogP contribution is -2.14. The predicted molar refractivity (Wildman–Crippen MR) is 84.7 cm³/mol. The maximum absolute atomic E-state index is 3.59. The van der Waals surface area contributed by atoms with E-state index in [1.165, 1.54) is 49.1 Å². The molecule has 0 amide bonds. The minimum Gasteiger partial charge on any atom is -0.383 e. The first-order valence-electron chi connectivity index (χ1n) is 7.17. The molecule has 102 valence electrons. The lowest BCUT2D eigenvalue weighted by atomic mass is 10.1. The van der Waals surface area contributed by atoms with Gasteiger partial charge >= 0.3 is 0 Å². The number of benzene rings is 1. The van der Waals surface area contributed by atoms with Crippen LogP contribution in [0.4, 0.5) is 5.69 Å². The quantitative estimate of drug-likeness (QED) is 0.463. The van der Waals surface area contributed by atoms with E-state index in [-0.39, 0.29) is 0 Å². The van der Waals surface area contributed by atoms with E-state index in [0.717, 1.165) is 0 Å². The van der Waals surface area contributed by atoms with Crippen LogP contribution >= 0.6 is 11.8 Å². The summed E-state index contributed by atoms with van der Waals surface area (Å²) in [4.78, 5) is 1.33. The van der Waals surface area contributed by atoms with Gasteiger partial charge in [0.15, 0.2) is 0 Å². The highest BCUT2D eigenvalue weighted by Gasteiger charge is 2.02. The Morgan fingerprint density at radius 1 is 1.17 bits per heavy atom. The molecule has 1 aromatic carbocycles. The van der Waals surface area contributed by atoms with Crippen LogP contribution < -0.4 is 5.32 Å². The highest BCUT2D eigenvalue weighted by atomic mass is 32.2. The fraction of sp³-hybridized carbons (Fsp3) is 0.625. The minimum atomic E-state index is 0.573. The Labute approximate surface area is 117 Å². The third-order valence-corrected chi connectivity index (χ3v) is 3.95. The molecule has 0 saturated heterocycles. The Hall–Kier alpha value is -0.630. The number of unbranched alkanes of at least 4 members (excludes halogenated alkanes) is 4. The van der Waals surface area contributed by atoms with Gasteiger partial charge in [0, 0.05) is 16.6 Å². The van der Waals surface area contributed by atoms with Crippen molar-refractivity contribution in [2.75, 3.05) is 11.6 Å². The van der Waals surface area contributed by atoms with E-state index in [1.807, 2.05) is 0 Å². The fourth-order valence-electron chi connectivity index (χ4n) is 2.12. The molecule has 0 spiro atoms. The van der Waals surface area contributed by atoms with E-state index >= 15 is 0 Å². The number of hydrogen-bond acceptors (Lipinski definition) is 2. The maximum atomic E-state index is 3.59. The number of anilines is 1. The highest BCUT2D eigenvalue weighted by Crippen LogP contribution is 2.20. The zero-order chi connectivity index (χ0) is 13.2. The smallest absolute Gasteiger partial charge is 0.0353 e.